The zero-order valence-electron chi connectivity index (χ0n) is 17.1. The Morgan fingerprint density at radius 3 is 2.79 bits per heavy atom. The van der Waals surface area contributed by atoms with Crippen LogP contribution >= 0.6 is 0 Å². The van der Waals surface area contributed by atoms with Crippen LogP contribution in [0.2, 0.25) is 0 Å². The Hall–Kier alpha value is -3.06. The average molecular weight is 390 g/mol. The fraction of sp³-hybridized carbons (Fsp3) is 0.364. The van der Waals surface area contributed by atoms with Crippen molar-refractivity contribution in [3.63, 3.8) is 0 Å². The van der Waals surface area contributed by atoms with Crippen LogP contribution in [0, 0.1) is 6.92 Å². The molecule has 0 aliphatic carbocycles. The predicted molar refractivity (Wildman–Crippen MR) is 111 cm³/mol. The molecule has 1 fully saturated rings. The molecule has 0 bridgehead atoms. The smallest absolute Gasteiger partial charge is 0.269 e. The monoisotopic (exact) mass is 390 g/mol. The van der Waals surface area contributed by atoms with Crippen LogP contribution in [0.5, 0.6) is 0 Å². The number of hydrogen-bond acceptors (Lipinski definition) is 5. The molecule has 1 N–H and O–H groups in total. The van der Waals surface area contributed by atoms with Gasteiger partial charge in [-0.3, -0.25) is 24.3 Å². The largest absolute Gasteiger partial charge is 0.354 e. The molecule has 0 aromatic carbocycles. The van der Waals surface area contributed by atoms with E-state index in [9.17, 15) is 4.79 Å². The van der Waals surface area contributed by atoms with E-state index in [0.717, 1.165) is 48.4 Å². The molecule has 0 unspecified atom stereocenters. The Morgan fingerprint density at radius 1 is 1.24 bits per heavy atom. The van der Waals surface area contributed by atoms with Crippen LogP contribution in [-0.2, 0) is 13.6 Å². The zero-order valence-corrected chi connectivity index (χ0v) is 17.1. The minimum absolute atomic E-state index is 0.180. The van der Waals surface area contributed by atoms with Gasteiger partial charge in [0, 0.05) is 49.9 Å². The second-order valence-electron chi connectivity index (χ2n) is 7.58. The minimum Gasteiger partial charge on any atom is -0.354 e. The summed E-state index contributed by atoms with van der Waals surface area (Å²) in [4.78, 5) is 23.4. The number of nitrogens with one attached hydrogen (secondary N) is 1. The summed E-state index contributed by atoms with van der Waals surface area (Å²) in [5, 5.41) is 6.89. The van der Waals surface area contributed by atoms with Crippen molar-refractivity contribution in [2.24, 2.45) is 7.05 Å². The van der Waals surface area contributed by atoms with E-state index in [1.165, 1.54) is 5.56 Å². The van der Waals surface area contributed by atoms with Gasteiger partial charge in [0.25, 0.3) is 5.91 Å². The van der Waals surface area contributed by atoms with Crippen LogP contribution in [0.15, 0.2) is 42.9 Å². The van der Waals surface area contributed by atoms with Crippen molar-refractivity contribution in [1.29, 1.82) is 0 Å². The second-order valence-corrected chi connectivity index (χ2v) is 7.58. The maximum absolute atomic E-state index is 11.7. The van der Waals surface area contributed by atoms with E-state index in [1.807, 2.05) is 30.9 Å². The number of carbonyl (C=O) groups is 1. The van der Waals surface area contributed by atoms with E-state index in [-0.39, 0.29) is 5.91 Å². The molecule has 1 aliphatic rings. The van der Waals surface area contributed by atoms with Crippen LogP contribution < -0.4 is 5.32 Å². The van der Waals surface area contributed by atoms with Gasteiger partial charge in [0.15, 0.2) is 0 Å². The van der Waals surface area contributed by atoms with E-state index < -0.39 is 0 Å². The number of pyridine rings is 2. The first kappa shape index (κ1) is 19.3. The lowest BCUT2D eigenvalue weighted by molar-refractivity contribution is 0.0958. The molecule has 29 heavy (non-hydrogen) atoms. The number of likely N-dealkylation sites (tertiary alicyclic amines) is 1. The fourth-order valence-electron chi connectivity index (χ4n) is 4.00. The standard InChI is InChI=1S/C22H26N6O/c1-15-9-18(17-6-7-19(24-12-17)22(29)23-2)10-20(26-15)21-5-4-8-28(21)14-16-11-25-27(3)13-16/h6-7,9-13,21H,4-5,8,14H2,1-3H3,(H,23,29)/t21-/m0/s1. The van der Waals surface area contributed by atoms with Crippen LogP contribution in [0.1, 0.15) is 46.3 Å². The molecule has 7 nitrogen and oxygen atoms in total. The molecule has 1 aliphatic heterocycles. The number of hydrogen-bond donors (Lipinski definition) is 1. The van der Waals surface area contributed by atoms with Crippen molar-refractivity contribution in [2.45, 2.75) is 32.4 Å². The van der Waals surface area contributed by atoms with E-state index in [0.29, 0.717) is 11.7 Å². The molecule has 1 atom stereocenters. The summed E-state index contributed by atoms with van der Waals surface area (Å²) in [6, 6.07) is 8.23. The van der Waals surface area contributed by atoms with Crippen molar-refractivity contribution < 1.29 is 4.79 Å². The van der Waals surface area contributed by atoms with Gasteiger partial charge in [0.2, 0.25) is 0 Å². The lowest BCUT2D eigenvalue weighted by Gasteiger charge is -2.24. The third kappa shape index (κ3) is 4.19. The summed E-state index contributed by atoms with van der Waals surface area (Å²) < 4.78 is 1.85. The fourth-order valence-corrected chi connectivity index (χ4v) is 4.00. The first-order chi connectivity index (χ1) is 14.0. The topological polar surface area (TPSA) is 75.9 Å². The number of aromatic nitrogens is 4. The lowest BCUT2D eigenvalue weighted by atomic mass is 10.0. The SMILES string of the molecule is CNC(=O)c1ccc(-c2cc(C)nc([C@@H]3CCCN3Cc3cnn(C)c3)c2)cn1. The Morgan fingerprint density at radius 2 is 2.10 bits per heavy atom. The highest BCUT2D eigenvalue weighted by Gasteiger charge is 2.28. The first-order valence-electron chi connectivity index (χ1n) is 9.92. The Kier molecular flexibility index (Phi) is 5.40. The Balaban J connectivity index is 1.60. The number of nitrogens with zero attached hydrogens (tertiary/aromatic N) is 5. The van der Waals surface area contributed by atoms with Gasteiger partial charge in [-0.25, -0.2) is 0 Å². The van der Waals surface area contributed by atoms with E-state index >= 15 is 0 Å². The van der Waals surface area contributed by atoms with Crippen molar-refractivity contribution in [2.75, 3.05) is 13.6 Å². The molecule has 0 radical (unpaired) electrons. The summed E-state index contributed by atoms with van der Waals surface area (Å²) in [6.07, 6.45) is 8.03. The van der Waals surface area contributed by atoms with E-state index in [1.54, 1.807) is 19.3 Å². The maximum Gasteiger partial charge on any atom is 0.269 e. The molecule has 1 saturated heterocycles. The highest BCUT2D eigenvalue weighted by atomic mass is 16.1. The maximum atomic E-state index is 11.7. The van der Waals surface area contributed by atoms with Crippen molar-refractivity contribution in [3.8, 4) is 11.1 Å². The van der Waals surface area contributed by atoms with Gasteiger partial charge in [-0.2, -0.15) is 5.10 Å². The zero-order chi connectivity index (χ0) is 20.4. The molecule has 3 aromatic heterocycles. The average Bonchev–Trinajstić information content (AvgIpc) is 3.36. The molecular weight excluding hydrogens is 364 g/mol. The summed E-state index contributed by atoms with van der Waals surface area (Å²) >= 11 is 0. The molecule has 3 aromatic rings. The third-order valence-corrected chi connectivity index (χ3v) is 5.38. The van der Waals surface area contributed by atoms with Crippen LogP contribution in [0.3, 0.4) is 0 Å². The minimum atomic E-state index is -0.180. The van der Waals surface area contributed by atoms with Crippen molar-refractivity contribution in [1.82, 2.24) is 30.0 Å². The van der Waals surface area contributed by atoms with Gasteiger partial charge in [-0.05, 0) is 50.1 Å². The molecule has 0 spiro atoms. The van der Waals surface area contributed by atoms with Gasteiger partial charge >= 0.3 is 0 Å². The van der Waals surface area contributed by atoms with Crippen molar-refractivity contribution in [3.05, 3.63) is 65.5 Å². The van der Waals surface area contributed by atoms with Crippen LogP contribution in [0.4, 0.5) is 0 Å². The Bertz CT molecular complexity index is 1010. The van der Waals surface area contributed by atoms with E-state index in [2.05, 4.69) is 38.6 Å². The van der Waals surface area contributed by atoms with E-state index in [4.69, 9.17) is 4.98 Å². The summed E-state index contributed by atoms with van der Waals surface area (Å²) in [6.45, 7) is 3.97. The first-order valence-corrected chi connectivity index (χ1v) is 9.92. The summed E-state index contributed by atoms with van der Waals surface area (Å²) in [5.74, 6) is -0.180. The predicted octanol–water partition coefficient (Wildman–Crippen LogP) is 2.88. The molecule has 150 valence electrons. The van der Waals surface area contributed by atoms with Crippen LogP contribution in [-0.4, -0.2) is 44.1 Å². The van der Waals surface area contributed by atoms with Gasteiger partial charge in [-0.1, -0.05) is 6.07 Å². The van der Waals surface area contributed by atoms with Gasteiger partial charge in [0.05, 0.1) is 17.9 Å². The van der Waals surface area contributed by atoms with Gasteiger partial charge in [-0.15, -0.1) is 0 Å². The second kappa shape index (κ2) is 8.13. The van der Waals surface area contributed by atoms with Crippen LogP contribution in [0.25, 0.3) is 11.1 Å². The molecule has 4 rings (SSSR count). The third-order valence-electron chi connectivity index (χ3n) is 5.38. The normalized spacial score (nSPS) is 16.9. The number of amides is 1. The number of carbonyl (C=O) groups excluding carboxylic acids is 1. The molecule has 7 heteroatoms. The number of aryl methyl sites for hydroxylation is 2. The molecule has 4 heterocycles. The quantitative estimate of drug-likeness (QED) is 0.725. The van der Waals surface area contributed by atoms with Gasteiger partial charge < -0.3 is 5.32 Å². The molecule has 0 saturated carbocycles. The Labute approximate surface area is 170 Å². The molecule has 1 amide bonds. The lowest BCUT2D eigenvalue weighted by Crippen LogP contribution is -2.23. The van der Waals surface area contributed by atoms with Gasteiger partial charge in [0.1, 0.15) is 5.69 Å². The number of rotatable bonds is 5. The summed E-state index contributed by atoms with van der Waals surface area (Å²) in [7, 11) is 3.55. The summed E-state index contributed by atoms with van der Waals surface area (Å²) in [5.41, 5.74) is 5.79. The van der Waals surface area contributed by atoms with Crippen molar-refractivity contribution >= 4 is 5.91 Å². The highest BCUT2D eigenvalue weighted by molar-refractivity contribution is 5.92. The molecular formula is C22H26N6O. The highest BCUT2D eigenvalue weighted by Crippen LogP contribution is 2.34.